The molecule has 0 atom stereocenters. The van der Waals surface area contributed by atoms with Crippen LogP contribution >= 0.6 is 24.0 Å². The number of carbonyl (C=O) groups is 1. The van der Waals surface area contributed by atoms with E-state index in [0.29, 0.717) is 32.0 Å². The Balaban J connectivity index is 2.01. The summed E-state index contributed by atoms with van der Waals surface area (Å²) in [6.07, 6.45) is 1.75. The Hall–Kier alpha value is -2.51. The maximum atomic E-state index is 12.9. The molecule has 0 aromatic heterocycles. The number of thioether (sulfide) groups is 1. The summed E-state index contributed by atoms with van der Waals surface area (Å²) in [4.78, 5) is 14.9. The van der Waals surface area contributed by atoms with Gasteiger partial charge in [-0.25, -0.2) is 0 Å². The minimum atomic E-state index is -0.164. The van der Waals surface area contributed by atoms with Gasteiger partial charge in [0.05, 0.1) is 31.9 Å². The van der Waals surface area contributed by atoms with Crippen molar-refractivity contribution in [3.05, 3.63) is 52.9 Å². The number of nitrogens with zero attached hydrogens (tertiary/aromatic N) is 1. The fraction of sp³-hybridized carbons (Fsp3) is 0.158. The van der Waals surface area contributed by atoms with E-state index in [2.05, 4.69) is 0 Å². The summed E-state index contributed by atoms with van der Waals surface area (Å²) in [5.41, 5.74) is 1.45. The first-order valence-electron chi connectivity index (χ1n) is 7.72. The molecule has 2 aromatic rings. The molecule has 0 aliphatic carbocycles. The Morgan fingerprint density at radius 1 is 0.962 bits per heavy atom. The number of hydrogen-bond acceptors (Lipinski definition) is 6. The van der Waals surface area contributed by atoms with E-state index in [4.69, 9.17) is 26.4 Å². The number of ether oxygens (including phenoxy) is 3. The van der Waals surface area contributed by atoms with Gasteiger partial charge in [0.1, 0.15) is 5.75 Å². The van der Waals surface area contributed by atoms with Gasteiger partial charge in [0, 0.05) is 11.6 Å². The molecule has 0 spiro atoms. The Bertz CT molecular complexity index is 881. The van der Waals surface area contributed by atoms with Crippen LogP contribution in [0.2, 0.25) is 0 Å². The number of methoxy groups -OCH3 is 3. The lowest BCUT2D eigenvalue weighted by molar-refractivity contribution is -0.113. The Kier molecular flexibility index (Phi) is 5.49. The molecule has 1 fully saturated rings. The number of para-hydroxylation sites is 1. The van der Waals surface area contributed by atoms with Crippen molar-refractivity contribution in [2.75, 3.05) is 26.2 Å². The molecule has 0 bridgehead atoms. The van der Waals surface area contributed by atoms with Crippen LogP contribution in [0.15, 0.2) is 47.4 Å². The molecule has 0 saturated carbocycles. The molecule has 1 aliphatic rings. The van der Waals surface area contributed by atoms with E-state index in [-0.39, 0.29) is 5.91 Å². The standard InChI is InChI=1S/C19H17NO4S2/c1-22-14-11-16(24-3)15(23-2)9-12(14)10-17-18(21)20(19(25)26-17)13-7-5-4-6-8-13/h4-11H,1-3H3/b17-10-. The SMILES string of the molecule is COc1cc(OC)c(OC)cc1/C=C1\SC(=S)N(c2ccccc2)C1=O. The Labute approximate surface area is 161 Å². The first-order valence-corrected chi connectivity index (χ1v) is 8.94. The normalized spacial score (nSPS) is 15.5. The number of amides is 1. The first kappa shape index (κ1) is 18.3. The molecule has 7 heteroatoms. The van der Waals surface area contributed by atoms with Gasteiger partial charge >= 0.3 is 0 Å². The largest absolute Gasteiger partial charge is 0.496 e. The average Bonchev–Trinajstić information content (AvgIpc) is 2.95. The molecule has 0 N–H and O–H groups in total. The van der Waals surface area contributed by atoms with Crippen LogP contribution in [0.5, 0.6) is 17.2 Å². The molecule has 26 heavy (non-hydrogen) atoms. The highest BCUT2D eigenvalue weighted by molar-refractivity contribution is 8.27. The smallest absolute Gasteiger partial charge is 0.270 e. The summed E-state index contributed by atoms with van der Waals surface area (Å²) in [7, 11) is 4.68. The van der Waals surface area contributed by atoms with Crippen LogP contribution in [0.1, 0.15) is 5.56 Å². The van der Waals surface area contributed by atoms with Gasteiger partial charge < -0.3 is 14.2 Å². The van der Waals surface area contributed by atoms with Crippen LogP contribution in [0.4, 0.5) is 5.69 Å². The van der Waals surface area contributed by atoms with Crippen molar-refractivity contribution in [1.82, 2.24) is 0 Å². The summed E-state index contributed by atoms with van der Waals surface area (Å²) in [6, 6.07) is 12.8. The fourth-order valence-electron chi connectivity index (χ4n) is 2.57. The molecule has 2 aromatic carbocycles. The zero-order valence-electron chi connectivity index (χ0n) is 14.5. The molecular formula is C19H17NO4S2. The van der Waals surface area contributed by atoms with E-state index in [1.54, 1.807) is 39.5 Å². The van der Waals surface area contributed by atoms with Crippen LogP contribution in [0.3, 0.4) is 0 Å². The summed E-state index contributed by atoms with van der Waals surface area (Å²) >= 11 is 6.65. The number of rotatable bonds is 5. The third kappa shape index (κ3) is 3.40. The molecule has 3 rings (SSSR count). The van der Waals surface area contributed by atoms with Gasteiger partial charge in [0.25, 0.3) is 5.91 Å². The van der Waals surface area contributed by atoms with Crippen molar-refractivity contribution in [3.63, 3.8) is 0 Å². The monoisotopic (exact) mass is 387 g/mol. The maximum absolute atomic E-state index is 12.9. The van der Waals surface area contributed by atoms with Crippen molar-refractivity contribution < 1.29 is 19.0 Å². The summed E-state index contributed by atoms with van der Waals surface area (Å²) < 4.78 is 16.5. The van der Waals surface area contributed by atoms with Gasteiger partial charge in [-0.15, -0.1) is 0 Å². The third-order valence-electron chi connectivity index (χ3n) is 3.83. The van der Waals surface area contributed by atoms with E-state index >= 15 is 0 Å². The highest BCUT2D eigenvalue weighted by atomic mass is 32.2. The maximum Gasteiger partial charge on any atom is 0.270 e. The van der Waals surface area contributed by atoms with E-state index in [0.717, 1.165) is 5.69 Å². The molecular weight excluding hydrogens is 370 g/mol. The van der Waals surface area contributed by atoms with Gasteiger partial charge in [-0.1, -0.05) is 42.2 Å². The topological polar surface area (TPSA) is 48.0 Å². The minimum Gasteiger partial charge on any atom is -0.496 e. The number of anilines is 1. The van der Waals surface area contributed by atoms with Crippen molar-refractivity contribution in [2.45, 2.75) is 0 Å². The average molecular weight is 387 g/mol. The molecule has 1 aliphatic heterocycles. The lowest BCUT2D eigenvalue weighted by atomic mass is 10.1. The van der Waals surface area contributed by atoms with E-state index in [1.807, 2.05) is 30.3 Å². The van der Waals surface area contributed by atoms with Crippen LogP contribution in [0, 0.1) is 0 Å². The van der Waals surface area contributed by atoms with Crippen molar-refractivity contribution in [1.29, 1.82) is 0 Å². The van der Waals surface area contributed by atoms with Crippen molar-refractivity contribution >= 4 is 46.0 Å². The molecule has 5 nitrogen and oxygen atoms in total. The van der Waals surface area contributed by atoms with Crippen molar-refractivity contribution in [3.8, 4) is 17.2 Å². The Morgan fingerprint density at radius 3 is 2.19 bits per heavy atom. The van der Waals surface area contributed by atoms with E-state index in [1.165, 1.54) is 16.7 Å². The number of carbonyl (C=O) groups excluding carboxylic acids is 1. The number of hydrogen-bond donors (Lipinski definition) is 0. The lowest BCUT2D eigenvalue weighted by Crippen LogP contribution is -2.27. The lowest BCUT2D eigenvalue weighted by Gasteiger charge is -2.14. The summed E-state index contributed by atoms with van der Waals surface area (Å²) in [5.74, 6) is 1.52. The molecule has 0 unspecified atom stereocenters. The van der Waals surface area contributed by atoms with Gasteiger partial charge in [0.2, 0.25) is 0 Å². The van der Waals surface area contributed by atoms with Crippen LogP contribution in [0.25, 0.3) is 6.08 Å². The second-order valence-corrected chi connectivity index (χ2v) is 6.98. The highest BCUT2D eigenvalue weighted by Crippen LogP contribution is 2.40. The Morgan fingerprint density at radius 2 is 1.58 bits per heavy atom. The van der Waals surface area contributed by atoms with Crippen LogP contribution in [-0.4, -0.2) is 31.6 Å². The molecule has 1 saturated heterocycles. The summed E-state index contributed by atoms with van der Waals surface area (Å²) in [6.45, 7) is 0. The van der Waals surface area contributed by atoms with Gasteiger partial charge in [-0.05, 0) is 24.3 Å². The molecule has 134 valence electrons. The first-order chi connectivity index (χ1) is 12.6. The zero-order valence-corrected chi connectivity index (χ0v) is 16.1. The summed E-state index contributed by atoms with van der Waals surface area (Å²) in [5, 5.41) is 0. The van der Waals surface area contributed by atoms with Crippen LogP contribution in [-0.2, 0) is 4.79 Å². The van der Waals surface area contributed by atoms with Crippen LogP contribution < -0.4 is 19.1 Å². The predicted octanol–water partition coefficient (Wildman–Crippen LogP) is 4.12. The zero-order chi connectivity index (χ0) is 18.7. The quantitative estimate of drug-likeness (QED) is 0.568. The minimum absolute atomic E-state index is 0.164. The highest BCUT2D eigenvalue weighted by Gasteiger charge is 2.33. The van der Waals surface area contributed by atoms with Gasteiger partial charge in [-0.3, -0.25) is 9.69 Å². The predicted molar refractivity (Wildman–Crippen MR) is 108 cm³/mol. The van der Waals surface area contributed by atoms with E-state index < -0.39 is 0 Å². The second-order valence-electron chi connectivity index (χ2n) is 5.30. The second kappa shape index (κ2) is 7.80. The van der Waals surface area contributed by atoms with Gasteiger partial charge in [0.15, 0.2) is 15.8 Å². The van der Waals surface area contributed by atoms with E-state index in [9.17, 15) is 4.79 Å². The number of thiocarbonyl (C=S) groups is 1. The molecule has 1 heterocycles. The third-order valence-corrected chi connectivity index (χ3v) is 5.13. The molecule has 0 radical (unpaired) electrons. The van der Waals surface area contributed by atoms with Gasteiger partial charge in [-0.2, -0.15) is 0 Å². The van der Waals surface area contributed by atoms with Crippen molar-refractivity contribution in [2.24, 2.45) is 0 Å². The number of benzene rings is 2. The fourth-order valence-corrected chi connectivity index (χ4v) is 3.86. The molecule has 1 amide bonds.